The summed E-state index contributed by atoms with van der Waals surface area (Å²) in [5.74, 6) is 0. The zero-order valence-corrected chi connectivity index (χ0v) is 9.44. The molecule has 0 aliphatic heterocycles. The van der Waals surface area contributed by atoms with Gasteiger partial charge >= 0.3 is 11.6 Å². The van der Waals surface area contributed by atoms with Crippen LogP contribution in [0, 0.1) is 6.07 Å². The lowest BCUT2D eigenvalue weighted by Crippen LogP contribution is -1.49. The molecule has 0 nitrogen and oxygen atoms in total. The molecule has 0 bridgehead atoms. The van der Waals surface area contributed by atoms with Gasteiger partial charge in [-0.05, 0) is 6.07 Å². The van der Waals surface area contributed by atoms with E-state index < -0.39 is 0 Å². The van der Waals surface area contributed by atoms with E-state index in [2.05, 4.69) is 34.2 Å². The number of hydrogen-bond donors (Lipinski definition) is 0. The van der Waals surface area contributed by atoms with Gasteiger partial charge in [0.2, 0.25) is 0 Å². The lowest BCUT2D eigenvalue weighted by molar-refractivity contribution is 1.70. The first kappa shape index (κ1) is 9.71. The summed E-state index contributed by atoms with van der Waals surface area (Å²) in [5.41, 5.74) is 0. The van der Waals surface area contributed by atoms with E-state index in [1.54, 1.807) is 0 Å². The monoisotopic (exact) mass is 263 g/mol. The summed E-state index contributed by atoms with van der Waals surface area (Å²) >= 11 is 6.44. The van der Waals surface area contributed by atoms with Crippen molar-refractivity contribution in [2.45, 2.75) is 0 Å². The molecule has 0 aromatic heterocycles. The van der Waals surface area contributed by atoms with E-state index in [0.717, 1.165) is 0 Å². The quantitative estimate of drug-likeness (QED) is 0.632. The van der Waals surface area contributed by atoms with E-state index >= 15 is 0 Å². The highest BCUT2D eigenvalue weighted by atomic mass is 79.9. The molecule has 47 valence electrons. The predicted molar refractivity (Wildman–Crippen MR) is 50.3 cm³/mol. The molecule has 0 amide bonds. The van der Waals surface area contributed by atoms with Crippen LogP contribution in [0.2, 0.25) is 0 Å². The second-order valence-electron chi connectivity index (χ2n) is 1.18. The highest BCUT2D eigenvalue weighted by Crippen LogP contribution is 1.78. The van der Waals surface area contributed by atoms with Crippen LogP contribution >= 0.6 is 28.1 Å². The number of hydrogen-bond acceptors (Lipinski definition) is 0. The fraction of sp³-hybridized carbons (Fsp3) is 0. The van der Waals surface area contributed by atoms with Crippen molar-refractivity contribution >= 4 is 39.7 Å². The molecule has 1 aromatic carbocycles. The lowest BCUT2D eigenvalue weighted by Gasteiger charge is -1.68. The predicted octanol–water partition coefficient (Wildman–Crippen LogP) is 2.53. The Hall–Kier alpha value is 0.712. The van der Waals surface area contributed by atoms with E-state index in [4.69, 9.17) is 0 Å². The van der Waals surface area contributed by atoms with Gasteiger partial charge in [0.15, 0.2) is 0 Å². The van der Waals surface area contributed by atoms with Gasteiger partial charge in [-0.15, -0.1) is 0 Å². The van der Waals surface area contributed by atoms with Crippen LogP contribution in [-0.2, 0) is 0 Å². The van der Waals surface area contributed by atoms with Crippen LogP contribution in [0.4, 0.5) is 0 Å². The number of benzene rings is 1. The summed E-state index contributed by atoms with van der Waals surface area (Å²) in [6.07, 6.45) is 0. The molecule has 0 aliphatic carbocycles. The maximum absolute atomic E-state index is 3.20. The highest BCUT2D eigenvalue weighted by molar-refractivity contribution is 9.47. The van der Waals surface area contributed by atoms with Crippen LogP contribution in [0.3, 0.4) is 0 Å². The third kappa shape index (κ3) is 8.71. The number of halogens is 2. The summed E-state index contributed by atoms with van der Waals surface area (Å²) in [6.45, 7) is 0. The topological polar surface area (TPSA) is 0 Å². The van der Waals surface area contributed by atoms with E-state index in [0.29, 0.717) is 0 Å². The van der Waals surface area contributed by atoms with Crippen molar-refractivity contribution in [2.24, 2.45) is 0 Å². The van der Waals surface area contributed by atoms with Crippen LogP contribution in [0.1, 0.15) is 0 Å². The first-order chi connectivity index (χ1) is 4.41. The van der Waals surface area contributed by atoms with Crippen molar-refractivity contribution in [3.05, 3.63) is 36.4 Å². The van der Waals surface area contributed by atoms with Gasteiger partial charge in [-0.25, -0.2) is 28.1 Å². The Kier molecular flexibility index (Phi) is 9.40. The molecule has 1 rings (SSSR count). The molecule has 9 heavy (non-hydrogen) atoms. The Balaban J connectivity index is 0.000000187. The molecule has 0 atom stereocenters. The first-order valence-corrected chi connectivity index (χ1v) is 10.2. The largest absolute Gasteiger partial charge is 0.435 e. The lowest BCUT2D eigenvalue weighted by atomic mass is 10.4. The molecule has 0 aliphatic rings. The minimum absolute atomic E-state index is 0.0417. The summed E-state index contributed by atoms with van der Waals surface area (Å²) in [5, 5.41) is 0. The van der Waals surface area contributed by atoms with E-state index in [-0.39, 0.29) is 11.6 Å². The molecule has 0 saturated heterocycles. The van der Waals surface area contributed by atoms with Crippen LogP contribution in [-0.4, -0.2) is 11.6 Å². The van der Waals surface area contributed by atoms with Crippen molar-refractivity contribution in [2.75, 3.05) is 0 Å². The third-order valence-corrected chi connectivity index (χ3v) is 0.607. The smallest absolute Gasteiger partial charge is 0.203 e. The van der Waals surface area contributed by atoms with Crippen molar-refractivity contribution in [3.63, 3.8) is 0 Å². The highest BCUT2D eigenvalue weighted by Gasteiger charge is 1.58. The van der Waals surface area contributed by atoms with Crippen molar-refractivity contribution < 1.29 is 0 Å². The number of rotatable bonds is 0. The Morgan fingerprint density at radius 1 is 1.00 bits per heavy atom. The molecule has 3 heteroatoms. The summed E-state index contributed by atoms with van der Waals surface area (Å²) in [7, 11) is 0. The van der Waals surface area contributed by atoms with Gasteiger partial charge in [0.1, 0.15) is 0 Å². The van der Waals surface area contributed by atoms with E-state index in [9.17, 15) is 0 Å². The van der Waals surface area contributed by atoms with Crippen LogP contribution in [0.25, 0.3) is 0 Å². The second-order valence-corrected chi connectivity index (χ2v) is 9.26. The maximum atomic E-state index is 3.20. The molecule has 1 aromatic rings. The van der Waals surface area contributed by atoms with Gasteiger partial charge in [0.05, 0.1) is 0 Å². The average molecular weight is 265 g/mol. The molecule has 1 radical (unpaired) electrons. The standard InChI is InChI=1S/C6H5.Al.2BrH.H/c1-2-4-6-5-3-1;;;;/h1-5H;;2*1H;/q;+2;;;/p-2. The minimum Gasteiger partial charge on any atom is -0.203 e. The molecule has 0 spiro atoms. The second kappa shape index (κ2) is 8.71. The van der Waals surface area contributed by atoms with Gasteiger partial charge < -0.3 is 0 Å². The molecule has 0 heterocycles. The SMILES string of the molecule is [Br][AlH][Br].[c]1ccccc1. The first-order valence-electron chi connectivity index (χ1n) is 2.45. The molecule has 0 saturated carbocycles. The summed E-state index contributed by atoms with van der Waals surface area (Å²) < 4.78 is 0. The Labute approximate surface area is 75.7 Å². The van der Waals surface area contributed by atoms with Crippen molar-refractivity contribution in [1.29, 1.82) is 0 Å². The van der Waals surface area contributed by atoms with Crippen molar-refractivity contribution in [3.8, 4) is 0 Å². The summed E-state index contributed by atoms with van der Waals surface area (Å²) in [6, 6.07) is 12.5. The summed E-state index contributed by atoms with van der Waals surface area (Å²) in [4.78, 5) is 0. The van der Waals surface area contributed by atoms with Gasteiger partial charge in [-0.1, -0.05) is 30.3 Å². The Morgan fingerprint density at radius 3 is 1.56 bits per heavy atom. The van der Waals surface area contributed by atoms with Crippen LogP contribution < -0.4 is 0 Å². The zero-order chi connectivity index (χ0) is 6.95. The van der Waals surface area contributed by atoms with Gasteiger partial charge in [0, 0.05) is 0 Å². The zero-order valence-electron chi connectivity index (χ0n) is 4.85. The van der Waals surface area contributed by atoms with Gasteiger partial charge in [-0.3, -0.25) is 0 Å². The van der Waals surface area contributed by atoms with Crippen molar-refractivity contribution in [1.82, 2.24) is 0 Å². The molecule has 0 unspecified atom stereocenters. The maximum Gasteiger partial charge on any atom is 0.435 e. The van der Waals surface area contributed by atoms with E-state index in [1.807, 2.05) is 30.3 Å². The third-order valence-electron chi connectivity index (χ3n) is 0.607. The molecule has 0 fully saturated rings. The molecular formula is C6H6AlBr2. The molecule has 0 N–H and O–H groups in total. The average Bonchev–Trinajstić information content (AvgIpc) is 1.93. The van der Waals surface area contributed by atoms with Gasteiger partial charge in [0.25, 0.3) is 0 Å². The van der Waals surface area contributed by atoms with Crippen LogP contribution in [0.15, 0.2) is 30.3 Å². The van der Waals surface area contributed by atoms with E-state index in [1.165, 1.54) is 0 Å². The fourth-order valence-corrected chi connectivity index (χ4v) is 0.342. The Morgan fingerprint density at radius 2 is 1.44 bits per heavy atom. The normalized spacial score (nSPS) is 6.89. The van der Waals surface area contributed by atoms with Gasteiger partial charge in [-0.2, -0.15) is 0 Å². The molecular weight excluding hydrogens is 259 g/mol. The van der Waals surface area contributed by atoms with Crippen LogP contribution in [0.5, 0.6) is 0 Å². The Bertz CT molecular complexity index is 93.9. The fourth-order valence-electron chi connectivity index (χ4n) is 0.342. The minimum atomic E-state index is 0.0417.